The van der Waals surface area contributed by atoms with Crippen LogP contribution in [0.2, 0.25) is 0 Å². The van der Waals surface area contributed by atoms with Gasteiger partial charge in [-0.05, 0) is 63.7 Å². The minimum atomic E-state index is 0.583. The molecule has 5 heteroatoms. The van der Waals surface area contributed by atoms with Crippen LogP contribution in [0.3, 0.4) is 0 Å². The second-order valence-corrected chi connectivity index (χ2v) is 17.2. The standard InChI is InChI=1S/C63H40N4O/c1-5-17-41(18-6-1)43-29-33-45(34-30-43)52-37-49(63-65-61(47-21-9-3-10-22-47)64-62(66-63)48-23-11-4-12-24-48)38-53(46-35-31-44(32-36-46)42-19-7-2-8-20-42)60(52)67-56-27-15-13-25-50(56)54-39-55-51-26-14-16-28-58(51)68-59(55)40-57(54)67/h1-40H. The molecule has 10 aromatic carbocycles. The second-order valence-electron chi connectivity index (χ2n) is 17.2. The van der Waals surface area contributed by atoms with Gasteiger partial charge in [-0.15, -0.1) is 0 Å². The van der Waals surface area contributed by atoms with E-state index in [1.807, 2.05) is 48.5 Å². The van der Waals surface area contributed by atoms with Gasteiger partial charge in [-0.3, -0.25) is 0 Å². The Morgan fingerprint density at radius 3 is 1.21 bits per heavy atom. The van der Waals surface area contributed by atoms with E-state index >= 15 is 0 Å². The zero-order valence-electron chi connectivity index (χ0n) is 36.8. The molecule has 0 saturated carbocycles. The molecule has 318 valence electrons. The fraction of sp³-hybridized carbons (Fsp3) is 0. The predicted molar refractivity (Wildman–Crippen MR) is 279 cm³/mol. The zero-order chi connectivity index (χ0) is 45.0. The molecule has 0 amide bonds. The Labute approximate surface area is 392 Å². The first-order valence-electron chi connectivity index (χ1n) is 22.9. The van der Waals surface area contributed by atoms with Crippen molar-refractivity contribution in [2.75, 3.05) is 0 Å². The van der Waals surface area contributed by atoms with Gasteiger partial charge in [0, 0.05) is 55.4 Å². The van der Waals surface area contributed by atoms with Crippen LogP contribution >= 0.6 is 0 Å². The maximum Gasteiger partial charge on any atom is 0.164 e. The van der Waals surface area contributed by atoms with Gasteiger partial charge in [0.25, 0.3) is 0 Å². The first-order valence-corrected chi connectivity index (χ1v) is 22.9. The Kier molecular flexibility index (Phi) is 9.43. The Bertz CT molecular complexity index is 3810. The van der Waals surface area contributed by atoms with Gasteiger partial charge in [-0.1, -0.05) is 206 Å². The van der Waals surface area contributed by atoms with Gasteiger partial charge in [0.2, 0.25) is 0 Å². The average molecular weight is 869 g/mol. The third-order valence-electron chi connectivity index (χ3n) is 13.1. The number of aromatic nitrogens is 4. The monoisotopic (exact) mass is 868 g/mol. The molecule has 0 aliphatic heterocycles. The third-order valence-corrected chi connectivity index (χ3v) is 13.1. The molecule has 0 N–H and O–H groups in total. The highest BCUT2D eigenvalue weighted by Crippen LogP contribution is 2.46. The summed E-state index contributed by atoms with van der Waals surface area (Å²) in [5.74, 6) is 1.80. The van der Waals surface area contributed by atoms with Crippen molar-refractivity contribution in [3.63, 3.8) is 0 Å². The third kappa shape index (κ3) is 6.84. The largest absolute Gasteiger partial charge is 0.456 e. The molecular weight excluding hydrogens is 829 g/mol. The van der Waals surface area contributed by atoms with Crippen LogP contribution in [0.25, 0.3) is 128 Å². The van der Waals surface area contributed by atoms with Crippen molar-refractivity contribution in [3.05, 3.63) is 243 Å². The van der Waals surface area contributed by atoms with E-state index in [9.17, 15) is 0 Å². The van der Waals surface area contributed by atoms with Crippen LogP contribution in [-0.4, -0.2) is 19.5 Å². The SMILES string of the molecule is c1ccc(-c2ccc(-c3cc(-c4nc(-c5ccccc5)nc(-c5ccccc5)n4)cc(-c4ccc(-c5ccccc5)cc4)c3-n3c4ccccc4c4cc5c(cc43)oc3ccccc35)cc2)cc1. The van der Waals surface area contributed by atoms with Crippen molar-refractivity contribution >= 4 is 43.7 Å². The van der Waals surface area contributed by atoms with Crippen LogP contribution in [-0.2, 0) is 0 Å². The smallest absolute Gasteiger partial charge is 0.164 e. The van der Waals surface area contributed by atoms with Gasteiger partial charge in [0.05, 0.1) is 16.7 Å². The Morgan fingerprint density at radius 1 is 0.265 bits per heavy atom. The van der Waals surface area contributed by atoms with Gasteiger partial charge in [0.15, 0.2) is 17.5 Å². The van der Waals surface area contributed by atoms with Crippen molar-refractivity contribution < 1.29 is 4.42 Å². The lowest BCUT2D eigenvalue weighted by Gasteiger charge is -2.21. The van der Waals surface area contributed by atoms with Gasteiger partial charge in [0.1, 0.15) is 11.2 Å². The van der Waals surface area contributed by atoms with Crippen LogP contribution < -0.4 is 0 Å². The zero-order valence-corrected chi connectivity index (χ0v) is 36.8. The first-order chi connectivity index (χ1) is 33.7. The van der Waals surface area contributed by atoms with Gasteiger partial charge < -0.3 is 8.98 Å². The number of hydrogen-bond donors (Lipinski definition) is 0. The maximum absolute atomic E-state index is 6.62. The molecule has 13 aromatic rings. The van der Waals surface area contributed by atoms with Crippen molar-refractivity contribution in [3.8, 4) is 84.4 Å². The van der Waals surface area contributed by atoms with Crippen molar-refractivity contribution in [2.45, 2.75) is 0 Å². The van der Waals surface area contributed by atoms with E-state index in [1.54, 1.807) is 0 Å². The number of hydrogen-bond acceptors (Lipinski definition) is 4. The van der Waals surface area contributed by atoms with Crippen molar-refractivity contribution in [1.82, 2.24) is 19.5 Å². The number of furan rings is 1. The quantitative estimate of drug-likeness (QED) is 0.153. The first kappa shape index (κ1) is 39.2. The highest BCUT2D eigenvalue weighted by atomic mass is 16.3. The molecule has 0 unspecified atom stereocenters. The molecule has 0 radical (unpaired) electrons. The molecule has 0 aliphatic carbocycles. The van der Waals surface area contributed by atoms with Crippen LogP contribution in [0, 0.1) is 0 Å². The highest BCUT2D eigenvalue weighted by molar-refractivity contribution is 6.18. The summed E-state index contributed by atoms with van der Waals surface area (Å²) >= 11 is 0. The minimum Gasteiger partial charge on any atom is -0.456 e. The lowest BCUT2D eigenvalue weighted by Crippen LogP contribution is -2.04. The molecule has 3 heterocycles. The molecular formula is C63H40N4O. The van der Waals surface area contributed by atoms with Gasteiger partial charge in [-0.2, -0.15) is 0 Å². The molecule has 0 saturated heterocycles. The lowest BCUT2D eigenvalue weighted by atomic mass is 9.91. The molecule has 0 aliphatic rings. The molecule has 0 fully saturated rings. The number of fused-ring (bicyclic) bond motifs is 6. The summed E-state index contributed by atoms with van der Waals surface area (Å²) < 4.78 is 9.07. The summed E-state index contributed by atoms with van der Waals surface area (Å²) in [7, 11) is 0. The van der Waals surface area contributed by atoms with Crippen molar-refractivity contribution in [2.24, 2.45) is 0 Å². The predicted octanol–water partition coefficient (Wildman–Crippen LogP) is 16.5. The topological polar surface area (TPSA) is 56.7 Å². The minimum absolute atomic E-state index is 0.583. The van der Waals surface area contributed by atoms with Crippen LogP contribution in [0.4, 0.5) is 0 Å². The summed E-state index contributed by atoms with van der Waals surface area (Å²) in [5, 5.41) is 4.51. The van der Waals surface area contributed by atoms with Crippen LogP contribution in [0.5, 0.6) is 0 Å². The molecule has 3 aromatic heterocycles. The fourth-order valence-corrected chi connectivity index (χ4v) is 9.76. The summed E-state index contributed by atoms with van der Waals surface area (Å²) in [6.45, 7) is 0. The fourth-order valence-electron chi connectivity index (χ4n) is 9.76. The van der Waals surface area contributed by atoms with E-state index in [2.05, 4.69) is 199 Å². The molecule has 13 rings (SSSR count). The summed E-state index contributed by atoms with van der Waals surface area (Å²) in [4.78, 5) is 15.6. The Hall–Kier alpha value is -9.19. The Morgan fingerprint density at radius 2 is 0.676 bits per heavy atom. The summed E-state index contributed by atoms with van der Waals surface area (Å²) in [6.07, 6.45) is 0. The average Bonchev–Trinajstić information content (AvgIpc) is 3.95. The highest BCUT2D eigenvalue weighted by Gasteiger charge is 2.24. The number of benzene rings is 10. The number of para-hydroxylation sites is 2. The molecule has 0 atom stereocenters. The normalized spacial score (nSPS) is 11.5. The van der Waals surface area contributed by atoms with E-state index in [0.29, 0.717) is 17.5 Å². The van der Waals surface area contributed by atoms with E-state index < -0.39 is 0 Å². The van der Waals surface area contributed by atoms with Gasteiger partial charge in [-0.25, -0.2) is 15.0 Å². The summed E-state index contributed by atoms with van der Waals surface area (Å²) in [6, 6.07) is 85.4. The van der Waals surface area contributed by atoms with Crippen LogP contribution in [0.15, 0.2) is 247 Å². The molecule has 0 bridgehead atoms. The van der Waals surface area contributed by atoms with E-state index in [-0.39, 0.29) is 0 Å². The second kappa shape index (κ2) is 16.4. The molecule has 68 heavy (non-hydrogen) atoms. The van der Waals surface area contributed by atoms with Crippen molar-refractivity contribution in [1.29, 1.82) is 0 Å². The van der Waals surface area contributed by atoms with E-state index in [1.165, 1.54) is 0 Å². The number of nitrogens with zero attached hydrogens (tertiary/aromatic N) is 4. The number of rotatable bonds is 8. The van der Waals surface area contributed by atoms with Gasteiger partial charge >= 0.3 is 0 Å². The maximum atomic E-state index is 6.62. The lowest BCUT2D eigenvalue weighted by molar-refractivity contribution is 0.669. The van der Waals surface area contributed by atoms with Crippen LogP contribution in [0.1, 0.15) is 0 Å². The molecule has 5 nitrogen and oxygen atoms in total. The van der Waals surface area contributed by atoms with E-state index in [4.69, 9.17) is 19.4 Å². The van der Waals surface area contributed by atoms with E-state index in [0.717, 1.165) is 111 Å². The summed E-state index contributed by atoms with van der Waals surface area (Å²) in [5.41, 5.74) is 16.4. The molecule has 0 spiro atoms. The Balaban J connectivity index is 1.14.